The maximum absolute atomic E-state index is 12.2. The van der Waals surface area contributed by atoms with Crippen molar-refractivity contribution in [3.05, 3.63) is 101 Å². The Morgan fingerprint density at radius 1 is 1.00 bits per heavy atom. The Hall–Kier alpha value is -3.77. The number of nitrogens with one attached hydrogen (secondary N) is 1. The average Bonchev–Trinajstić information content (AvgIpc) is 3.19. The van der Waals surface area contributed by atoms with Crippen molar-refractivity contribution in [1.82, 2.24) is 20.2 Å². The predicted octanol–water partition coefficient (Wildman–Crippen LogP) is 4.35. The molecule has 0 radical (unpaired) electrons. The fraction of sp³-hybridized carbons (Fsp3) is 0. The first-order chi connectivity index (χ1) is 14.2. The molecule has 0 saturated heterocycles. The Labute approximate surface area is 172 Å². The number of aromatic nitrogens is 3. The second kappa shape index (κ2) is 8.50. The van der Waals surface area contributed by atoms with Crippen molar-refractivity contribution >= 4 is 23.7 Å². The lowest BCUT2D eigenvalue weighted by Crippen LogP contribution is -2.17. The van der Waals surface area contributed by atoms with Crippen molar-refractivity contribution in [2.45, 2.75) is 0 Å². The van der Waals surface area contributed by atoms with Crippen LogP contribution in [0.25, 0.3) is 16.9 Å². The van der Waals surface area contributed by atoms with Gasteiger partial charge in [0, 0.05) is 40.3 Å². The molecule has 0 aliphatic heterocycles. The summed E-state index contributed by atoms with van der Waals surface area (Å²) in [5.74, 6) is -0.313. The third-order valence-corrected chi connectivity index (χ3v) is 4.45. The van der Waals surface area contributed by atoms with E-state index in [1.807, 2.05) is 60.8 Å². The Kier molecular flexibility index (Phi) is 5.45. The van der Waals surface area contributed by atoms with Gasteiger partial charge in [0.2, 0.25) is 0 Å². The number of pyridine rings is 1. The summed E-state index contributed by atoms with van der Waals surface area (Å²) in [6.07, 6.45) is 6.55. The smallest absolute Gasteiger partial charge is 0.267 e. The van der Waals surface area contributed by atoms with Crippen LogP contribution >= 0.6 is 11.6 Å². The highest BCUT2D eigenvalue weighted by Crippen LogP contribution is 2.24. The molecule has 0 spiro atoms. The number of benzene rings is 2. The predicted molar refractivity (Wildman–Crippen MR) is 113 cm³/mol. The molecule has 0 saturated carbocycles. The van der Waals surface area contributed by atoms with E-state index < -0.39 is 0 Å². The van der Waals surface area contributed by atoms with Crippen molar-refractivity contribution in [1.29, 1.82) is 0 Å². The van der Waals surface area contributed by atoms with Crippen molar-refractivity contribution in [3.63, 3.8) is 0 Å². The summed E-state index contributed by atoms with van der Waals surface area (Å²) in [7, 11) is 0. The topological polar surface area (TPSA) is 72.2 Å². The van der Waals surface area contributed by atoms with Crippen LogP contribution in [-0.4, -0.2) is 26.9 Å². The number of hydrazone groups is 1. The minimum Gasteiger partial charge on any atom is -0.267 e. The van der Waals surface area contributed by atoms with Crippen LogP contribution in [0.5, 0.6) is 0 Å². The zero-order valence-corrected chi connectivity index (χ0v) is 16.0. The molecule has 1 N–H and O–H groups in total. The summed E-state index contributed by atoms with van der Waals surface area (Å²) in [4.78, 5) is 16.1. The molecule has 29 heavy (non-hydrogen) atoms. The number of amides is 1. The Bertz CT molecular complexity index is 1140. The van der Waals surface area contributed by atoms with Crippen LogP contribution in [0.3, 0.4) is 0 Å². The Morgan fingerprint density at radius 3 is 2.45 bits per heavy atom. The molecule has 0 unspecified atom stereocenters. The van der Waals surface area contributed by atoms with Crippen molar-refractivity contribution in [2.24, 2.45) is 5.10 Å². The molecule has 142 valence electrons. The van der Waals surface area contributed by atoms with Gasteiger partial charge in [-0.25, -0.2) is 10.1 Å². The first kappa shape index (κ1) is 18.6. The number of para-hydroxylation sites is 1. The summed E-state index contributed by atoms with van der Waals surface area (Å²) < 4.78 is 1.77. The number of halogens is 1. The van der Waals surface area contributed by atoms with Gasteiger partial charge in [-0.15, -0.1) is 0 Å². The van der Waals surface area contributed by atoms with E-state index in [-0.39, 0.29) is 5.91 Å². The highest BCUT2D eigenvalue weighted by molar-refractivity contribution is 6.30. The largest absolute Gasteiger partial charge is 0.271 e. The van der Waals surface area contributed by atoms with Gasteiger partial charge in [0.15, 0.2) is 0 Å². The minimum atomic E-state index is -0.313. The SMILES string of the molecule is O=C(N/N=C\c1cn(-c2ccccc2)nc1-c1ccc(Cl)cc1)c1ccncc1. The van der Waals surface area contributed by atoms with Crippen LogP contribution in [0.2, 0.25) is 5.02 Å². The normalized spacial score (nSPS) is 10.9. The van der Waals surface area contributed by atoms with E-state index in [9.17, 15) is 4.79 Å². The minimum absolute atomic E-state index is 0.313. The van der Waals surface area contributed by atoms with Gasteiger partial charge < -0.3 is 0 Å². The highest BCUT2D eigenvalue weighted by Gasteiger charge is 2.11. The molecule has 6 nitrogen and oxygen atoms in total. The lowest BCUT2D eigenvalue weighted by atomic mass is 10.1. The first-order valence-corrected chi connectivity index (χ1v) is 9.23. The van der Waals surface area contributed by atoms with E-state index in [4.69, 9.17) is 16.7 Å². The molecule has 0 bridgehead atoms. The summed E-state index contributed by atoms with van der Waals surface area (Å²) in [6, 6.07) is 20.4. The zero-order valence-electron chi connectivity index (χ0n) is 15.2. The van der Waals surface area contributed by atoms with Gasteiger partial charge in [0.05, 0.1) is 11.9 Å². The van der Waals surface area contributed by atoms with Gasteiger partial charge in [-0.05, 0) is 36.4 Å². The van der Waals surface area contributed by atoms with Crippen molar-refractivity contribution in [3.8, 4) is 16.9 Å². The van der Waals surface area contributed by atoms with Gasteiger partial charge in [-0.3, -0.25) is 9.78 Å². The van der Waals surface area contributed by atoms with Crippen LogP contribution in [0.4, 0.5) is 0 Å². The third-order valence-electron chi connectivity index (χ3n) is 4.19. The molecule has 7 heteroatoms. The summed E-state index contributed by atoms with van der Waals surface area (Å²) in [5, 5.41) is 9.45. The maximum Gasteiger partial charge on any atom is 0.271 e. The molecular formula is C22H16ClN5O. The van der Waals surface area contributed by atoms with Gasteiger partial charge in [0.1, 0.15) is 5.69 Å². The van der Waals surface area contributed by atoms with Gasteiger partial charge >= 0.3 is 0 Å². The van der Waals surface area contributed by atoms with E-state index in [2.05, 4.69) is 15.5 Å². The molecule has 0 fully saturated rings. The second-order valence-electron chi connectivity index (χ2n) is 6.16. The summed E-state index contributed by atoms with van der Waals surface area (Å²) in [6.45, 7) is 0. The van der Waals surface area contributed by atoms with Gasteiger partial charge in [-0.1, -0.05) is 41.9 Å². The third kappa shape index (κ3) is 4.39. The number of hydrogen-bond acceptors (Lipinski definition) is 4. The molecule has 4 aromatic rings. The quantitative estimate of drug-likeness (QED) is 0.399. The summed E-state index contributed by atoms with van der Waals surface area (Å²) >= 11 is 6.01. The first-order valence-electron chi connectivity index (χ1n) is 8.85. The molecule has 2 aromatic heterocycles. The Morgan fingerprint density at radius 2 is 1.72 bits per heavy atom. The van der Waals surface area contributed by atoms with Crippen LogP contribution in [0, 0.1) is 0 Å². The monoisotopic (exact) mass is 401 g/mol. The molecule has 2 heterocycles. The molecule has 4 rings (SSSR count). The molecule has 0 aliphatic rings. The van der Waals surface area contributed by atoms with Crippen molar-refractivity contribution < 1.29 is 4.79 Å². The standard InChI is InChI=1S/C22H16ClN5O/c23-19-8-6-16(7-9-19)21-18(15-28(27-21)20-4-2-1-3-5-20)14-25-26-22(29)17-10-12-24-13-11-17/h1-15H,(H,26,29)/b25-14-. The number of nitrogens with zero attached hydrogens (tertiary/aromatic N) is 4. The summed E-state index contributed by atoms with van der Waals surface area (Å²) in [5.41, 5.74) is 6.31. The molecular weight excluding hydrogens is 386 g/mol. The van der Waals surface area contributed by atoms with Crippen LogP contribution in [-0.2, 0) is 0 Å². The van der Waals surface area contributed by atoms with E-state index in [0.717, 1.165) is 22.5 Å². The van der Waals surface area contributed by atoms with Crippen LogP contribution in [0.15, 0.2) is 90.4 Å². The zero-order chi connectivity index (χ0) is 20.1. The van der Waals surface area contributed by atoms with Gasteiger partial charge in [0.25, 0.3) is 5.91 Å². The number of rotatable bonds is 5. The van der Waals surface area contributed by atoms with Gasteiger partial charge in [-0.2, -0.15) is 10.2 Å². The van der Waals surface area contributed by atoms with E-state index in [1.165, 1.54) is 0 Å². The average molecular weight is 402 g/mol. The van der Waals surface area contributed by atoms with Crippen molar-refractivity contribution in [2.75, 3.05) is 0 Å². The fourth-order valence-electron chi connectivity index (χ4n) is 2.76. The van der Waals surface area contributed by atoms with E-state index >= 15 is 0 Å². The second-order valence-corrected chi connectivity index (χ2v) is 6.59. The maximum atomic E-state index is 12.2. The number of hydrogen-bond donors (Lipinski definition) is 1. The number of carbonyl (C=O) groups is 1. The molecule has 1 amide bonds. The van der Waals surface area contributed by atoms with Crippen LogP contribution in [0.1, 0.15) is 15.9 Å². The fourth-order valence-corrected chi connectivity index (χ4v) is 2.88. The number of carbonyl (C=O) groups excluding carboxylic acids is 1. The van der Waals surface area contributed by atoms with E-state index in [0.29, 0.717) is 10.6 Å². The molecule has 0 atom stereocenters. The lowest BCUT2D eigenvalue weighted by molar-refractivity contribution is 0.0955. The van der Waals surface area contributed by atoms with Crippen LogP contribution < -0.4 is 5.43 Å². The highest BCUT2D eigenvalue weighted by atomic mass is 35.5. The van der Waals surface area contributed by atoms with E-state index in [1.54, 1.807) is 35.4 Å². The lowest BCUT2D eigenvalue weighted by Gasteiger charge is -2.01. The molecule has 0 aliphatic carbocycles. The Balaban J connectivity index is 1.64. The molecule has 2 aromatic carbocycles.